The first-order valence-corrected chi connectivity index (χ1v) is 7.83. The SMILES string of the molecule is CNc1cc(N2CCCCCCC2)nc(C(C)(C)C)n1. The Labute approximate surface area is 123 Å². The van der Waals surface area contributed by atoms with Gasteiger partial charge in [0.15, 0.2) is 0 Å². The highest BCUT2D eigenvalue weighted by Crippen LogP contribution is 2.25. The molecule has 0 aliphatic carbocycles. The minimum absolute atomic E-state index is 0.0235. The predicted octanol–water partition coefficient (Wildman–Crippen LogP) is 3.59. The number of anilines is 2. The number of hydrogen-bond acceptors (Lipinski definition) is 4. The molecule has 112 valence electrons. The molecule has 1 N–H and O–H groups in total. The van der Waals surface area contributed by atoms with E-state index in [1.807, 2.05) is 7.05 Å². The number of nitrogens with zero attached hydrogens (tertiary/aromatic N) is 3. The monoisotopic (exact) mass is 276 g/mol. The van der Waals surface area contributed by atoms with E-state index >= 15 is 0 Å². The fourth-order valence-electron chi connectivity index (χ4n) is 2.54. The van der Waals surface area contributed by atoms with Crippen LogP contribution in [0.3, 0.4) is 0 Å². The van der Waals surface area contributed by atoms with Gasteiger partial charge in [-0.05, 0) is 12.8 Å². The smallest absolute Gasteiger partial charge is 0.138 e. The molecule has 0 aromatic carbocycles. The van der Waals surface area contributed by atoms with E-state index in [0.29, 0.717) is 0 Å². The van der Waals surface area contributed by atoms with Crippen molar-refractivity contribution in [1.29, 1.82) is 0 Å². The van der Waals surface area contributed by atoms with Crippen molar-refractivity contribution in [3.63, 3.8) is 0 Å². The van der Waals surface area contributed by atoms with E-state index < -0.39 is 0 Å². The van der Waals surface area contributed by atoms with Crippen molar-refractivity contribution in [1.82, 2.24) is 9.97 Å². The van der Waals surface area contributed by atoms with Crippen molar-refractivity contribution in [2.45, 2.75) is 58.3 Å². The van der Waals surface area contributed by atoms with Gasteiger partial charge in [-0.15, -0.1) is 0 Å². The van der Waals surface area contributed by atoms with Crippen molar-refractivity contribution < 1.29 is 0 Å². The summed E-state index contributed by atoms with van der Waals surface area (Å²) in [6, 6.07) is 2.08. The molecule has 0 amide bonds. The highest BCUT2D eigenvalue weighted by atomic mass is 15.2. The molecule has 2 heterocycles. The first-order chi connectivity index (χ1) is 9.50. The van der Waals surface area contributed by atoms with E-state index in [9.17, 15) is 0 Å². The van der Waals surface area contributed by atoms with Gasteiger partial charge in [-0.2, -0.15) is 0 Å². The second-order valence-electron chi connectivity index (χ2n) is 6.69. The summed E-state index contributed by atoms with van der Waals surface area (Å²) in [5, 5.41) is 3.17. The third-order valence-corrected chi connectivity index (χ3v) is 3.82. The summed E-state index contributed by atoms with van der Waals surface area (Å²) in [5.74, 6) is 2.92. The Bertz CT molecular complexity index is 429. The van der Waals surface area contributed by atoms with E-state index in [1.54, 1.807) is 0 Å². The van der Waals surface area contributed by atoms with Gasteiger partial charge in [0.2, 0.25) is 0 Å². The lowest BCUT2D eigenvalue weighted by atomic mass is 9.95. The Kier molecular flexibility index (Phi) is 4.84. The Morgan fingerprint density at radius 1 is 1.00 bits per heavy atom. The molecule has 20 heavy (non-hydrogen) atoms. The van der Waals surface area contributed by atoms with Gasteiger partial charge in [-0.1, -0.05) is 40.0 Å². The molecule has 4 heteroatoms. The van der Waals surface area contributed by atoms with Crippen LogP contribution in [0.4, 0.5) is 11.6 Å². The molecule has 4 nitrogen and oxygen atoms in total. The van der Waals surface area contributed by atoms with Gasteiger partial charge in [0.1, 0.15) is 17.5 Å². The van der Waals surface area contributed by atoms with Crippen LogP contribution in [0.2, 0.25) is 0 Å². The van der Waals surface area contributed by atoms with E-state index in [4.69, 9.17) is 4.98 Å². The Morgan fingerprint density at radius 2 is 1.60 bits per heavy atom. The van der Waals surface area contributed by atoms with Crippen LogP contribution in [0.25, 0.3) is 0 Å². The van der Waals surface area contributed by atoms with Crippen molar-refractivity contribution >= 4 is 11.6 Å². The molecule has 1 fully saturated rings. The molecule has 0 atom stereocenters. The number of aromatic nitrogens is 2. The zero-order chi connectivity index (χ0) is 14.6. The highest BCUT2D eigenvalue weighted by Gasteiger charge is 2.21. The largest absolute Gasteiger partial charge is 0.373 e. The molecular weight excluding hydrogens is 248 g/mol. The van der Waals surface area contributed by atoms with Crippen molar-refractivity contribution in [3.05, 3.63) is 11.9 Å². The first kappa shape index (κ1) is 15.1. The lowest BCUT2D eigenvalue weighted by Gasteiger charge is -2.28. The normalized spacial score (nSPS) is 17.5. The molecule has 0 bridgehead atoms. The molecular formula is C16H28N4. The van der Waals surface area contributed by atoms with Gasteiger partial charge in [0.25, 0.3) is 0 Å². The van der Waals surface area contributed by atoms with Crippen LogP contribution in [0, 0.1) is 0 Å². The van der Waals surface area contributed by atoms with Crippen LogP contribution in [0.1, 0.15) is 58.7 Å². The fourth-order valence-corrected chi connectivity index (χ4v) is 2.54. The number of nitrogens with one attached hydrogen (secondary N) is 1. The molecule has 0 unspecified atom stereocenters. The Hall–Kier alpha value is -1.32. The summed E-state index contributed by atoms with van der Waals surface area (Å²) < 4.78 is 0. The molecule has 0 spiro atoms. The van der Waals surface area contributed by atoms with Gasteiger partial charge in [-0.25, -0.2) is 9.97 Å². The molecule has 1 saturated heterocycles. The third kappa shape index (κ3) is 3.84. The molecule has 1 aliphatic rings. The quantitative estimate of drug-likeness (QED) is 0.896. The third-order valence-electron chi connectivity index (χ3n) is 3.82. The molecule has 2 rings (SSSR count). The summed E-state index contributed by atoms with van der Waals surface area (Å²) in [4.78, 5) is 11.9. The number of hydrogen-bond donors (Lipinski definition) is 1. The highest BCUT2D eigenvalue weighted by molar-refractivity contribution is 5.49. The van der Waals surface area contributed by atoms with E-state index in [-0.39, 0.29) is 5.41 Å². The fraction of sp³-hybridized carbons (Fsp3) is 0.750. The molecule has 1 aromatic rings. The maximum Gasteiger partial charge on any atom is 0.138 e. The molecule has 0 saturated carbocycles. The van der Waals surface area contributed by atoms with Gasteiger partial charge in [0.05, 0.1) is 0 Å². The minimum atomic E-state index is -0.0235. The predicted molar refractivity (Wildman–Crippen MR) is 85.6 cm³/mol. The summed E-state index contributed by atoms with van der Waals surface area (Å²) in [7, 11) is 1.92. The number of rotatable bonds is 2. The Balaban J connectivity index is 2.29. The van der Waals surface area contributed by atoms with Gasteiger partial charge >= 0.3 is 0 Å². The standard InChI is InChI=1S/C16H28N4/c1-16(2,3)15-18-13(17-4)12-14(19-15)20-10-8-6-5-7-9-11-20/h12H,5-11H2,1-4H3,(H,17,18,19). The zero-order valence-electron chi connectivity index (χ0n) is 13.4. The van der Waals surface area contributed by atoms with Crippen LogP contribution in [-0.4, -0.2) is 30.1 Å². The van der Waals surface area contributed by atoms with Gasteiger partial charge < -0.3 is 10.2 Å². The van der Waals surface area contributed by atoms with Crippen LogP contribution in [0.15, 0.2) is 6.07 Å². The van der Waals surface area contributed by atoms with Crippen LogP contribution < -0.4 is 10.2 Å². The van der Waals surface area contributed by atoms with Crippen LogP contribution in [0.5, 0.6) is 0 Å². The minimum Gasteiger partial charge on any atom is -0.373 e. The van der Waals surface area contributed by atoms with E-state index in [0.717, 1.165) is 30.5 Å². The van der Waals surface area contributed by atoms with Gasteiger partial charge in [0, 0.05) is 31.6 Å². The van der Waals surface area contributed by atoms with Crippen molar-refractivity contribution in [2.75, 3.05) is 30.4 Å². The second-order valence-corrected chi connectivity index (χ2v) is 6.69. The summed E-state index contributed by atoms with van der Waals surface area (Å²) in [5.41, 5.74) is -0.0235. The Morgan fingerprint density at radius 3 is 2.15 bits per heavy atom. The van der Waals surface area contributed by atoms with Crippen molar-refractivity contribution in [2.24, 2.45) is 0 Å². The maximum absolute atomic E-state index is 4.82. The summed E-state index contributed by atoms with van der Waals surface area (Å²) in [6.45, 7) is 8.73. The van der Waals surface area contributed by atoms with Crippen molar-refractivity contribution in [3.8, 4) is 0 Å². The molecule has 0 radical (unpaired) electrons. The van der Waals surface area contributed by atoms with Gasteiger partial charge in [-0.3, -0.25) is 0 Å². The summed E-state index contributed by atoms with van der Waals surface area (Å²) in [6.07, 6.45) is 6.60. The lowest BCUT2D eigenvalue weighted by molar-refractivity contribution is 0.534. The average molecular weight is 276 g/mol. The molecule has 1 aliphatic heterocycles. The second kappa shape index (κ2) is 6.42. The molecule has 1 aromatic heterocycles. The topological polar surface area (TPSA) is 41.0 Å². The van der Waals surface area contributed by atoms with E-state index in [1.165, 1.54) is 32.1 Å². The zero-order valence-corrected chi connectivity index (χ0v) is 13.4. The maximum atomic E-state index is 4.82. The van der Waals surface area contributed by atoms with Crippen LogP contribution >= 0.6 is 0 Å². The average Bonchev–Trinajstić information content (AvgIpc) is 2.36. The first-order valence-electron chi connectivity index (χ1n) is 7.83. The summed E-state index contributed by atoms with van der Waals surface area (Å²) >= 11 is 0. The van der Waals surface area contributed by atoms with Crippen LogP contribution in [-0.2, 0) is 5.41 Å². The lowest BCUT2D eigenvalue weighted by Crippen LogP contribution is -2.29. The van der Waals surface area contributed by atoms with E-state index in [2.05, 4.69) is 42.0 Å².